The molecule has 1 aromatic carbocycles. The van der Waals surface area contributed by atoms with E-state index in [2.05, 4.69) is 22.4 Å². The number of nitrogens with zero attached hydrogens (tertiary/aromatic N) is 1. The molecule has 3 rings (SSSR count). The van der Waals surface area contributed by atoms with E-state index in [9.17, 15) is 4.79 Å². The van der Waals surface area contributed by atoms with E-state index in [4.69, 9.17) is 11.6 Å². The summed E-state index contributed by atoms with van der Waals surface area (Å²) in [6, 6.07) is 11.3. The van der Waals surface area contributed by atoms with Gasteiger partial charge in [0.2, 0.25) is 0 Å². The van der Waals surface area contributed by atoms with E-state index in [1.54, 1.807) is 18.5 Å². The van der Waals surface area contributed by atoms with Gasteiger partial charge in [0.15, 0.2) is 0 Å². The van der Waals surface area contributed by atoms with Gasteiger partial charge in [0.05, 0.1) is 10.7 Å². The third-order valence-corrected chi connectivity index (χ3v) is 4.75. The van der Waals surface area contributed by atoms with Gasteiger partial charge < -0.3 is 0 Å². The van der Waals surface area contributed by atoms with Crippen LogP contribution in [0.25, 0.3) is 15.8 Å². The van der Waals surface area contributed by atoms with Crippen LogP contribution < -0.4 is 10.9 Å². The maximum atomic E-state index is 12.3. The Bertz CT molecular complexity index is 845. The topological polar surface area (TPSA) is 54.0 Å². The molecule has 0 radical (unpaired) electrons. The lowest BCUT2D eigenvalue weighted by molar-refractivity contribution is 0.0947. The van der Waals surface area contributed by atoms with Crippen molar-refractivity contribution in [2.45, 2.75) is 0 Å². The SMILES string of the molecule is C=C(NNC(=O)c1sc2ccccc2c1Cl)c1cccnc1. The number of nitrogens with one attached hydrogen (secondary N) is 2. The number of hydrogen-bond acceptors (Lipinski definition) is 4. The summed E-state index contributed by atoms with van der Waals surface area (Å²) in [6.45, 7) is 3.86. The molecule has 4 nitrogen and oxygen atoms in total. The predicted molar refractivity (Wildman–Crippen MR) is 90.7 cm³/mol. The largest absolute Gasteiger partial charge is 0.298 e. The highest BCUT2D eigenvalue weighted by Gasteiger charge is 2.16. The molecular formula is C16H12ClN3OS. The lowest BCUT2D eigenvalue weighted by Crippen LogP contribution is -2.35. The Balaban J connectivity index is 1.74. The summed E-state index contributed by atoms with van der Waals surface area (Å²) in [5.41, 5.74) is 6.74. The molecule has 0 spiro atoms. The van der Waals surface area contributed by atoms with Crippen LogP contribution in [0.4, 0.5) is 0 Å². The van der Waals surface area contributed by atoms with Crippen LogP contribution in [0.15, 0.2) is 55.4 Å². The lowest BCUT2D eigenvalue weighted by atomic mass is 10.2. The summed E-state index contributed by atoms with van der Waals surface area (Å²) in [5.74, 6) is -0.295. The number of halogens is 1. The van der Waals surface area contributed by atoms with Gasteiger partial charge >= 0.3 is 0 Å². The van der Waals surface area contributed by atoms with E-state index in [0.29, 0.717) is 15.6 Å². The van der Waals surface area contributed by atoms with Crippen molar-refractivity contribution in [3.05, 3.63) is 70.8 Å². The minimum Gasteiger partial charge on any atom is -0.298 e. The van der Waals surface area contributed by atoms with E-state index in [-0.39, 0.29) is 5.91 Å². The molecule has 110 valence electrons. The first-order valence-corrected chi connectivity index (χ1v) is 7.69. The fraction of sp³-hybridized carbons (Fsp3) is 0. The molecule has 0 saturated heterocycles. The van der Waals surface area contributed by atoms with Gasteiger partial charge in [-0.25, -0.2) is 0 Å². The van der Waals surface area contributed by atoms with Crippen LogP contribution in [0.2, 0.25) is 5.02 Å². The van der Waals surface area contributed by atoms with Gasteiger partial charge in [-0.3, -0.25) is 20.6 Å². The Morgan fingerprint density at radius 3 is 2.73 bits per heavy atom. The molecule has 0 aliphatic heterocycles. The normalized spacial score (nSPS) is 10.4. The van der Waals surface area contributed by atoms with Gasteiger partial charge in [-0.15, -0.1) is 11.3 Å². The van der Waals surface area contributed by atoms with Crippen molar-refractivity contribution >= 4 is 44.6 Å². The third kappa shape index (κ3) is 2.81. The highest BCUT2D eigenvalue weighted by atomic mass is 35.5. The fourth-order valence-corrected chi connectivity index (χ4v) is 3.37. The third-order valence-electron chi connectivity index (χ3n) is 3.08. The molecule has 1 amide bonds. The lowest BCUT2D eigenvalue weighted by Gasteiger charge is -2.10. The molecule has 0 unspecified atom stereocenters. The fourth-order valence-electron chi connectivity index (χ4n) is 1.96. The molecule has 3 aromatic rings. The molecule has 2 N–H and O–H groups in total. The maximum Gasteiger partial charge on any atom is 0.281 e. The molecule has 0 fully saturated rings. The summed E-state index contributed by atoms with van der Waals surface area (Å²) in [5, 5.41) is 1.34. The van der Waals surface area contributed by atoms with Crippen LogP contribution in [0.5, 0.6) is 0 Å². The highest BCUT2D eigenvalue weighted by Crippen LogP contribution is 2.34. The van der Waals surface area contributed by atoms with Gasteiger partial charge in [-0.1, -0.05) is 36.4 Å². The number of rotatable bonds is 4. The van der Waals surface area contributed by atoms with Crippen LogP contribution in [0.3, 0.4) is 0 Å². The monoisotopic (exact) mass is 329 g/mol. The number of carbonyl (C=O) groups is 1. The Labute approximate surface area is 136 Å². The molecule has 0 aliphatic rings. The first kappa shape index (κ1) is 14.6. The summed E-state index contributed by atoms with van der Waals surface area (Å²) in [6.07, 6.45) is 3.33. The average molecular weight is 330 g/mol. The Morgan fingerprint density at radius 2 is 2.00 bits per heavy atom. The van der Waals surface area contributed by atoms with Crippen molar-refractivity contribution in [2.24, 2.45) is 0 Å². The first-order valence-electron chi connectivity index (χ1n) is 6.49. The number of thiophene rings is 1. The van der Waals surface area contributed by atoms with Crippen LogP contribution in [0.1, 0.15) is 15.2 Å². The molecule has 2 aromatic heterocycles. The van der Waals surface area contributed by atoms with E-state index in [1.807, 2.05) is 30.3 Å². The number of amides is 1. The van der Waals surface area contributed by atoms with Crippen LogP contribution >= 0.6 is 22.9 Å². The van der Waals surface area contributed by atoms with Crippen molar-refractivity contribution in [3.63, 3.8) is 0 Å². The van der Waals surface area contributed by atoms with Crippen LogP contribution in [-0.4, -0.2) is 10.9 Å². The second-order valence-corrected chi connectivity index (χ2v) is 5.97. The average Bonchev–Trinajstić information content (AvgIpc) is 2.90. The van der Waals surface area contributed by atoms with Crippen molar-refractivity contribution in [2.75, 3.05) is 0 Å². The van der Waals surface area contributed by atoms with E-state index in [0.717, 1.165) is 15.6 Å². The molecule has 0 aliphatic carbocycles. The standard InChI is InChI=1S/C16H12ClN3OS/c1-10(11-5-4-8-18-9-11)19-20-16(21)15-14(17)12-6-2-3-7-13(12)22-15/h2-9,19H,1H2,(H,20,21). The van der Waals surface area contributed by atoms with Crippen molar-refractivity contribution in [1.82, 2.24) is 15.8 Å². The zero-order valence-corrected chi connectivity index (χ0v) is 13.0. The summed E-state index contributed by atoms with van der Waals surface area (Å²) < 4.78 is 0.976. The summed E-state index contributed by atoms with van der Waals surface area (Å²) >= 11 is 7.63. The summed E-state index contributed by atoms with van der Waals surface area (Å²) in [4.78, 5) is 16.7. The predicted octanol–water partition coefficient (Wildman–Crippen LogP) is 3.86. The minimum absolute atomic E-state index is 0.295. The number of carbonyl (C=O) groups excluding carboxylic acids is 1. The van der Waals surface area contributed by atoms with Gasteiger partial charge in [-0.05, 0) is 18.2 Å². The second-order valence-electron chi connectivity index (χ2n) is 4.54. The van der Waals surface area contributed by atoms with Gasteiger partial charge in [0.25, 0.3) is 5.91 Å². The van der Waals surface area contributed by atoms with Crippen LogP contribution in [-0.2, 0) is 0 Å². The molecule has 22 heavy (non-hydrogen) atoms. The number of fused-ring (bicyclic) bond motifs is 1. The van der Waals surface area contributed by atoms with Gasteiger partial charge in [0.1, 0.15) is 4.88 Å². The molecule has 0 atom stereocenters. The van der Waals surface area contributed by atoms with E-state index in [1.165, 1.54) is 11.3 Å². The molecular weight excluding hydrogens is 318 g/mol. The van der Waals surface area contributed by atoms with E-state index < -0.39 is 0 Å². The molecule has 0 saturated carbocycles. The quantitative estimate of drug-likeness (QED) is 0.715. The molecule has 2 heterocycles. The van der Waals surface area contributed by atoms with E-state index >= 15 is 0 Å². The first-order chi connectivity index (χ1) is 10.7. The Kier molecular flexibility index (Phi) is 4.09. The van der Waals surface area contributed by atoms with Gasteiger partial charge in [-0.2, -0.15) is 0 Å². The Hall–Kier alpha value is -2.37. The highest BCUT2D eigenvalue weighted by molar-refractivity contribution is 7.21. The number of benzene rings is 1. The van der Waals surface area contributed by atoms with Crippen molar-refractivity contribution in [3.8, 4) is 0 Å². The van der Waals surface area contributed by atoms with Crippen molar-refractivity contribution < 1.29 is 4.79 Å². The van der Waals surface area contributed by atoms with Gasteiger partial charge in [0, 0.05) is 28.0 Å². The smallest absolute Gasteiger partial charge is 0.281 e. The van der Waals surface area contributed by atoms with Crippen LogP contribution in [0, 0.1) is 0 Å². The maximum absolute atomic E-state index is 12.3. The second kappa shape index (κ2) is 6.17. The van der Waals surface area contributed by atoms with Crippen molar-refractivity contribution in [1.29, 1.82) is 0 Å². The summed E-state index contributed by atoms with van der Waals surface area (Å²) in [7, 11) is 0. The number of aromatic nitrogens is 1. The number of hydrazine groups is 1. The molecule has 6 heteroatoms. The number of hydrogen-bond donors (Lipinski definition) is 2. The zero-order valence-electron chi connectivity index (χ0n) is 11.5. The minimum atomic E-state index is -0.295. The Morgan fingerprint density at radius 1 is 1.18 bits per heavy atom. The zero-order chi connectivity index (χ0) is 15.5. The number of pyridine rings is 1. The molecule has 0 bridgehead atoms.